The van der Waals surface area contributed by atoms with Crippen molar-refractivity contribution in [1.82, 2.24) is 4.90 Å². The van der Waals surface area contributed by atoms with Crippen LogP contribution >= 0.6 is 0 Å². The SMILES string of the molecule is CC1CCC(C(=O)N(CCO)CC(F)(F)F)CC1N. The van der Waals surface area contributed by atoms with Gasteiger partial charge in [0.25, 0.3) is 0 Å². The molecular weight excluding hydrogens is 261 g/mol. The maximum absolute atomic E-state index is 12.4. The van der Waals surface area contributed by atoms with Crippen molar-refractivity contribution in [3.05, 3.63) is 0 Å². The standard InChI is InChI=1S/C12H21F3N2O2/c1-8-2-3-9(6-10(8)16)11(19)17(4-5-18)7-12(13,14)15/h8-10,18H,2-7,16H2,1H3. The smallest absolute Gasteiger partial charge is 0.395 e. The van der Waals surface area contributed by atoms with E-state index in [0.717, 1.165) is 6.42 Å². The van der Waals surface area contributed by atoms with E-state index < -0.39 is 31.2 Å². The Bertz CT molecular complexity index is 310. The molecule has 0 heterocycles. The molecule has 0 bridgehead atoms. The van der Waals surface area contributed by atoms with E-state index >= 15 is 0 Å². The van der Waals surface area contributed by atoms with Gasteiger partial charge >= 0.3 is 6.18 Å². The Morgan fingerprint density at radius 3 is 2.53 bits per heavy atom. The lowest BCUT2D eigenvalue weighted by Gasteiger charge is -2.34. The summed E-state index contributed by atoms with van der Waals surface area (Å²) in [7, 11) is 0. The van der Waals surface area contributed by atoms with E-state index in [4.69, 9.17) is 10.8 Å². The second kappa shape index (κ2) is 6.56. The van der Waals surface area contributed by atoms with Gasteiger partial charge in [-0.25, -0.2) is 0 Å². The third kappa shape index (κ3) is 4.99. The molecule has 7 heteroatoms. The number of amides is 1. The number of halogens is 3. The van der Waals surface area contributed by atoms with Crippen molar-refractivity contribution < 1.29 is 23.1 Å². The summed E-state index contributed by atoms with van der Waals surface area (Å²) in [4.78, 5) is 12.8. The number of carbonyl (C=O) groups excluding carboxylic acids is 1. The highest BCUT2D eigenvalue weighted by atomic mass is 19.4. The molecule has 1 rings (SSSR count). The summed E-state index contributed by atoms with van der Waals surface area (Å²) in [6, 6.07) is -0.149. The number of hydrogen-bond acceptors (Lipinski definition) is 3. The van der Waals surface area contributed by atoms with Crippen LogP contribution in [-0.4, -0.2) is 47.8 Å². The number of carbonyl (C=O) groups is 1. The van der Waals surface area contributed by atoms with E-state index in [2.05, 4.69) is 0 Å². The molecule has 112 valence electrons. The normalized spacial score (nSPS) is 28.2. The average molecular weight is 282 g/mol. The lowest BCUT2D eigenvalue weighted by atomic mass is 9.79. The topological polar surface area (TPSA) is 66.6 Å². The van der Waals surface area contributed by atoms with Gasteiger partial charge in [-0.1, -0.05) is 6.92 Å². The fourth-order valence-corrected chi connectivity index (χ4v) is 2.44. The van der Waals surface area contributed by atoms with Gasteiger partial charge in [-0.15, -0.1) is 0 Å². The van der Waals surface area contributed by atoms with E-state index in [-0.39, 0.29) is 18.5 Å². The zero-order valence-corrected chi connectivity index (χ0v) is 11.0. The highest BCUT2D eigenvalue weighted by Gasteiger charge is 2.37. The van der Waals surface area contributed by atoms with E-state index in [1.165, 1.54) is 0 Å². The first kappa shape index (κ1) is 16.2. The molecule has 1 amide bonds. The Kier molecular flexibility index (Phi) is 5.61. The molecule has 3 unspecified atom stereocenters. The summed E-state index contributed by atoms with van der Waals surface area (Å²) in [5.41, 5.74) is 5.87. The molecule has 3 N–H and O–H groups in total. The van der Waals surface area contributed by atoms with E-state index in [1.54, 1.807) is 0 Å². The van der Waals surface area contributed by atoms with Gasteiger partial charge < -0.3 is 15.7 Å². The number of hydrogen-bond donors (Lipinski definition) is 2. The predicted octanol–water partition coefficient (Wildman–Crippen LogP) is 1.13. The monoisotopic (exact) mass is 282 g/mol. The average Bonchev–Trinajstić information content (AvgIpc) is 2.29. The Morgan fingerprint density at radius 1 is 1.42 bits per heavy atom. The van der Waals surface area contributed by atoms with Crippen LogP contribution in [0.4, 0.5) is 13.2 Å². The fraction of sp³-hybridized carbons (Fsp3) is 0.917. The first-order valence-electron chi connectivity index (χ1n) is 6.46. The van der Waals surface area contributed by atoms with Gasteiger partial charge in [0.05, 0.1) is 6.61 Å². The molecule has 4 nitrogen and oxygen atoms in total. The van der Waals surface area contributed by atoms with Crippen molar-refractivity contribution in [2.75, 3.05) is 19.7 Å². The minimum atomic E-state index is -4.45. The number of nitrogens with zero attached hydrogens (tertiary/aromatic N) is 1. The maximum atomic E-state index is 12.4. The molecule has 1 fully saturated rings. The van der Waals surface area contributed by atoms with Crippen LogP contribution in [0.3, 0.4) is 0 Å². The second-order valence-corrected chi connectivity index (χ2v) is 5.25. The Morgan fingerprint density at radius 2 is 2.05 bits per heavy atom. The van der Waals surface area contributed by atoms with Gasteiger partial charge in [-0.3, -0.25) is 4.79 Å². The van der Waals surface area contributed by atoms with Gasteiger partial charge in [0.15, 0.2) is 0 Å². The number of aliphatic hydroxyl groups is 1. The third-order valence-corrected chi connectivity index (χ3v) is 3.66. The summed E-state index contributed by atoms with van der Waals surface area (Å²) < 4.78 is 37.2. The molecule has 0 saturated heterocycles. The first-order valence-corrected chi connectivity index (χ1v) is 6.46. The molecule has 3 atom stereocenters. The highest BCUT2D eigenvalue weighted by molar-refractivity contribution is 5.79. The molecule has 0 aliphatic heterocycles. The quantitative estimate of drug-likeness (QED) is 0.812. The van der Waals surface area contributed by atoms with Crippen molar-refractivity contribution in [2.24, 2.45) is 17.6 Å². The van der Waals surface area contributed by atoms with Gasteiger partial charge in [-0.2, -0.15) is 13.2 Å². The molecule has 0 aromatic carbocycles. The highest BCUT2D eigenvalue weighted by Crippen LogP contribution is 2.29. The van der Waals surface area contributed by atoms with Gasteiger partial charge in [0, 0.05) is 18.5 Å². The molecule has 0 aromatic heterocycles. The second-order valence-electron chi connectivity index (χ2n) is 5.25. The molecule has 0 radical (unpaired) electrons. The minimum absolute atomic E-state index is 0.149. The predicted molar refractivity (Wildman–Crippen MR) is 64.2 cm³/mol. The van der Waals surface area contributed by atoms with E-state index in [1.807, 2.05) is 6.92 Å². The molecule has 1 saturated carbocycles. The van der Waals surface area contributed by atoms with Crippen molar-refractivity contribution in [1.29, 1.82) is 0 Å². The summed E-state index contributed by atoms with van der Waals surface area (Å²) in [6.45, 7) is -0.100. The Hall–Kier alpha value is -0.820. The maximum Gasteiger partial charge on any atom is 0.406 e. The molecule has 1 aliphatic rings. The number of rotatable bonds is 4. The fourth-order valence-electron chi connectivity index (χ4n) is 2.44. The van der Waals surface area contributed by atoms with Crippen molar-refractivity contribution in [3.63, 3.8) is 0 Å². The molecule has 0 spiro atoms. The lowest BCUT2D eigenvalue weighted by molar-refractivity contribution is -0.165. The molecule has 1 aliphatic carbocycles. The summed E-state index contributed by atoms with van der Waals surface area (Å²) in [5.74, 6) is -0.716. The van der Waals surface area contributed by atoms with Crippen LogP contribution in [0, 0.1) is 11.8 Å². The van der Waals surface area contributed by atoms with Crippen LogP contribution in [0.1, 0.15) is 26.2 Å². The zero-order valence-electron chi connectivity index (χ0n) is 11.0. The summed E-state index contributed by atoms with van der Waals surface area (Å²) in [5, 5.41) is 8.79. The van der Waals surface area contributed by atoms with E-state index in [9.17, 15) is 18.0 Å². The Balaban J connectivity index is 2.66. The van der Waals surface area contributed by atoms with Crippen molar-refractivity contribution >= 4 is 5.91 Å². The third-order valence-electron chi connectivity index (χ3n) is 3.66. The van der Waals surface area contributed by atoms with Gasteiger partial charge in [0.2, 0.25) is 5.91 Å². The largest absolute Gasteiger partial charge is 0.406 e. The Labute approximate surface area is 110 Å². The van der Waals surface area contributed by atoms with Crippen molar-refractivity contribution in [2.45, 2.75) is 38.4 Å². The molecular formula is C12H21F3N2O2. The zero-order chi connectivity index (χ0) is 14.6. The van der Waals surface area contributed by atoms with E-state index in [0.29, 0.717) is 17.7 Å². The lowest BCUT2D eigenvalue weighted by Crippen LogP contribution is -2.47. The number of nitrogens with two attached hydrogens (primary N) is 1. The van der Waals surface area contributed by atoms with Crippen LogP contribution in [-0.2, 0) is 4.79 Å². The van der Waals surface area contributed by atoms with Gasteiger partial charge in [-0.05, 0) is 25.2 Å². The summed E-state index contributed by atoms with van der Waals surface area (Å²) in [6.07, 6.45) is -2.72. The first-order chi connectivity index (χ1) is 8.74. The van der Waals surface area contributed by atoms with Gasteiger partial charge in [0.1, 0.15) is 6.54 Å². The molecule has 19 heavy (non-hydrogen) atoms. The number of aliphatic hydroxyl groups excluding tert-OH is 1. The minimum Gasteiger partial charge on any atom is -0.395 e. The molecule has 0 aromatic rings. The van der Waals surface area contributed by atoms with Crippen LogP contribution < -0.4 is 5.73 Å². The number of alkyl halides is 3. The summed E-state index contributed by atoms with van der Waals surface area (Å²) >= 11 is 0. The van der Waals surface area contributed by atoms with Crippen LogP contribution in [0.15, 0.2) is 0 Å². The van der Waals surface area contributed by atoms with Crippen LogP contribution in [0.2, 0.25) is 0 Å². The van der Waals surface area contributed by atoms with Crippen LogP contribution in [0.5, 0.6) is 0 Å². The van der Waals surface area contributed by atoms with Crippen molar-refractivity contribution in [3.8, 4) is 0 Å². The van der Waals surface area contributed by atoms with Crippen LogP contribution in [0.25, 0.3) is 0 Å².